The van der Waals surface area contributed by atoms with Gasteiger partial charge >= 0.3 is 0 Å². The quantitative estimate of drug-likeness (QED) is 0.542. The lowest BCUT2D eigenvalue weighted by Crippen LogP contribution is -2.50. The van der Waals surface area contributed by atoms with Crippen LogP contribution in [0, 0.1) is 5.92 Å². The van der Waals surface area contributed by atoms with E-state index in [-0.39, 0.29) is 23.3 Å². The number of nitrogens with zero attached hydrogens (tertiary/aromatic N) is 2. The highest BCUT2D eigenvalue weighted by molar-refractivity contribution is 5.94. The third kappa shape index (κ3) is 5.28. The molecule has 0 spiro atoms. The third-order valence-corrected chi connectivity index (χ3v) is 7.63. The van der Waals surface area contributed by atoms with E-state index in [0.29, 0.717) is 11.5 Å². The van der Waals surface area contributed by atoms with Crippen molar-refractivity contribution >= 4 is 17.6 Å². The van der Waals surface area contributed by atoms with Gasteiger partial charge in [0.2, 0.25) is 5.91 Å². The summed E-state index contributed by atoms with van der Waals surface area (Å²) in [6, 6.07) is 3.93. The van der Waals surface area contributed by atoms with Gasteiger partial charge in [0.25, 0.3) is 5.91 Å². The van der Waals surface area contributed by atoms with Crippen molar-refractivity contribution < 1.29 is 9.59 Å². The highest BCUT2D eigenvalue weighted by atomic mass is 16.2. The second-order valence-corrected chi connectivity index (χ2v) is 10.2. The number of aryl methyl sites for hydroxylation is 2. The summed E-state index contributed by atoms with van der Waals surface area (Å²) in [7, 11) is 0. The van der Waals surface area contributed by atoms with Gasteiger partial charge in [0, 0.05) is 28.9 Å². The molecule has 7 nitrogen and oxygen atoms in total. The topological polar surface area (TPSA) is 99.8 Å². The van der Waals surface area contributed by atoms with Crippen molar-refractivity contribution in [3.8, 4) is 0 Å². The summed E-state index contributed by atoms with van der Waals surface area (Å²) in [5.74, 6) is 0.851. The van der Waals surface area contributed by atoms with Crippen LogP contribution in [0.5, 0.6) is 0 Å². The number of amides is 2. The Morgan fingerprint density at radius 3 is 2.58 bits per heavy atom. The van der Waals surface area contributed by atoms with Crippen LogP contribution < -0.4 is 10.6 Å². The van der Waals surface area contributed by atoms with Crippen molar-refractivity contribution in [1.29, 1.82) is 0 Å². The first-order valence-corrected chi connectivity index (χ1v) is 12.8. The molecule has 0 aromatic carbocycles. The number of nitrogens with one attached hydrogen (secondary N) is 3. The van der Waals surface area contributed by atoms with Gasteiger partial charge in [0.15, 0.2) is 5.69 Å². The first-order valence-electron chi connectivity index (χ1n) is 12.8. The summed E-state index contributed by atoms with van der Waals surface area (Å²) in [6.07, 6.45) is 16.5. The van der Waals surface area contributed by atoms with Crippen molar-refractivity contribution in [3.05, 3.63) is 40.8 Å². The molecule has 2 aromatic rings. The second kappa shape index (κ2) is 9.65. The van der Waals surface area contributed by atoms with Crippen LogP contribution in [-0.4, -0.2) is 32.5 Å². The molecule has 3 aliphatic rings. The fourth-order valence-corrected chi connectivity index (χ4v) is 5.42. The molecule has 0 aliphatic heterocycles. The zero-order chi connectivity index (χ0) is 22.7. The molecular formula is C26H35N5O2. The first-order chi connectivity index (χ1) is 16.1. The second-order valence-electron chi connectivity index (χ2n) is 10.2. The molecule has 0 atom stereocenters. The summed E-state index contributed by atoms with van der Waals surface area (Å²) < 4.78 is 0. The molecular weight excluding hydrogens is 414 g/mol. The van der Waals surface area contributed by atoms with E-state index in [2.05, 4.69) is 25.8 Å². The molecule has 5 rings (SSSR count). The SMILES string of the molecule is O=C(NC1(CCc2ccc(NC(=O)C3CC3)nc2)CCCCC1)c1n[nH]c2c1CCCCC2. The Bertz CT molecular complexity index is 987. The molecule has 2 amide bonds. The summed E-state index contributed by atoms with van der Waals surface area (Å²) in [6.45, 7) is 0. The van der Waals surface area contributed by atoms with E-state index in [1.165, 1.54) is 12.8 Å². The van der Waals surface area contributed by atoms with Gasteiger partial charge < -0.3 is 10.6 Å². The summed E-state index contributed by atoms with van der Waals surface area (Å²) in [4.78, 5) is 29.7. The number of aromatic nitrogens is 3. The van der Waals surface area contributed by atoms with Crippen molar-refractivity contribution in [1.82, 2.24) is 20.5 Å². The van der Waals surface area contributed by atoms with Gasteiger partial charge in [-0.3, -0.25) is 14.7 Å². The van der Waals surface area contributed by atoms with E-state index in [9.17, 15) is 9.59 Å². The Hall–Kier alpha value is -2.70. The molecule has 0 saturated heterocycles. The van der Waals surface area contributed by atoms with Crippen LogP contribution in [0.2, 0.25) is 0 Å². The van der Waals surface area contributed by atoms with Gasteiger partial charge in [-0.2, -0.15) is 5.10 Å². The minimum absolute atomic E-state index is 0.0208. The van der Waals surface area contributed by atoms with Crippen molar-refractivity contribution in [2.24, 2.45) is 5.92 Å². The van der Waals surface area contributed by atoms with Crippen molar-refractivity contribution in [2.75, 3.05) is 5.32 Å². The van der Waals surface area contributed by atoms with Crippen molar-refractivity contribution in [3.63, 3.8) is 0 Å². The van der Waals surface area contributed by atoms with Crippen molar-refractivity contribution in [2.45, 2.75) is 95.4 Å². The molecule has 2 heterocycles. The number of pyridine rings is 1. The highest BCUT2D eigenvalue weighted by Gasteiger charge is 2.35. The van der Waals surface area contributed by atoms with Gasteiger partial charge in [-0.25, -0.2) is 4.98 Å². The highest BCUT2D eigenvalue weighted by Crippen LogP contribution is 2.33. The molecule has 3 N–H and O–H groups in total. The summed E-state index contributed by atoms with van der Waals surface area (Å²) in [5.41, 5.74) is 3.82. The van der Waals surface area contributed by atoms with Crippen LogP contribution in [0.15, 0.2) is 18.3 Å². The lowest BCUT2D eigenvalue weighted by molar-refractivity contribution is -0.117. The van der Waals surface area contributed by atoms with Crippen LogP contribution in [0.3, 0.4) is 0 Å². The molecule has 0 unspecified atom stereocenters. The number of carbonyl (C=O) groups excluding carboxylic acids is 2. The van der Waals surface area contributed by atoms with E-state index < -0.39 is 0 Å². The molecule has 3 aliphatic carbocycles. The predicted octanol–water partition coefficient (Wildman–Crippen LogP) is 4.49. The smallest absolute Gasteiger partial charge is 0.272 e. The third-order valence-electron chi connectivity index (χ3n) is 7.63. The maximum absolute atomic E-state index is 13.3. The maximum atomic E-state index is 13.3. The number of anilines is 1. The van der Waals surface area contributed by atoms with Gasteiger partial charge in [-0.05, 0) is 75.8 Å². The van der Waals surface area contributed by atoms with Gasteiger partial charge in [0.1, 0.15) is 5.82 Å². The van der Waals surface area contributed by atoms with Crippen LogP contribution in [-0.2, 0) is 24.1 Å². The number of fused-ring (bicyclic) bond motifs is 1. The van der Waals surface area contributed by atoms with E-state index in [1.807, 2.05) is 18.3 Å². The molecule has 33 heavy (non-hydrogen) atoms. The largest absolute Gasteiger partial charge is 0.345 e. The van der Waals surface area contributed by atoms with E-state index in [0.717, 1.165) is 93.9 Å². The van der Waals surface area contributed by atoms with Gasteiger partial charge in [-0.15, -0.1) is 0 Å². The Morgan fingerprint density at radius 1 is 1.03 bits per heavy atom. The Balaban J connectivity index is 1.24. The summed E-state index contributed by atoms with van der Waals surface area (Å²) >= 11 is 0. The fourth-order valence-electron chi connectivity index (χ4n) is 5.42. The zero-order valence-electron chi connectivity index (χ0n) is 19.4. The van der Waals surface area contributed by atoms with E-state index >= 15 is 0 Å². The fraction of sp³-hybridized carbons (Fsp3) is 0.615. The molecule has 7 heteroatoms. The number of rotatable bonds is 7. The zero-order valence-corrected chi connectivity index (χ0v) is 19.4. The number of carbonyl (C=O) groups is 2. The van der Waals surface area contributed by atoms with Gasteiger partial charge in [0.05, 0.1) is 0 Å². The van der Waals surface area contributed by atoms with Crippen LogP contribution >= 0.6 is 0 Å². The van der Waals surface area contributed by atoms with Gasteiger partial charge in [-0.1, -0.05) is 31.7 Å². The first kappa shape index (κ1) is 22.1. The molecule has 0 bridgehead atoms. The monoisotopic (exact) mass is 449 g/mol. The average Bonchev–Trinajstić information content (AvgIpc) is 3.64. The number of hydrogen-bond acceptors (Lipinski definition) is 4. The molecule has 176 valence electrons. The van der Waals surface area contributed by atoms with Crippen LogP contribution in [0.1, 0.15) is 97.9 Å². The van der Waals surface area contributed by atoms with Crippen LogP contribution in [0.4, 0.5) is 5.82 Å². The Morgan fingerprint density at radius 2 is 1.82 bits per heavy atom. The maximum Gasteiger partial charge on any atom is 0.272 e. The van der Waals surface area contributed by atoms with E-state index in [4.69, 9.17) is 0 Å². The Kier molecular flexibility index (Phi) is 6.47. The minimum Gasteiger partial charge on any atom is -0.345 e. The predicted molar refractivity (Wildman–Crippen MR) is 127 cm³/mol. The standard InChI is InChI=1S/C26H35N5O2/c32-24(19-10-11-19)28-22-12-9-18(17-27-22)13-16-26(14-5-2-6-15-26)29-25(33)23-20-7-3-1-4-8-21(20)30-31-23/h9,12,17,19H,1-8,10-11,13-16H2,(H,29,33)(H,30,31)(H,27,28,32). The molecule has 0 radical (unpaired) electrons. The molecule has 2 saturated carbocycles. The normalized spacial score (nSPS) is 19.9. The van der Waals surface area contributed by atoms with Crippen LogP contribution in [0.25, 0.3) is 0 Å². The van der Waals surface area contributed by atoms with E-state index in [1.54, 1.807) is 0 Å². The summed E-state index contributed by atoms with van der Waals surface area (Å²) in [5, 5.41) is 13.9. The average molecular weight is 450 g/mol. The molecule has 2 aromatic heterocycles. The Labute approximate surface area is 195 Å². The lowest BCUT2D eigenvalue weighted by Gasteiger charge is -2.38. The lowest BCUT2D eigenvalue weighted by atomic mass is 9.77. The molecule has 2 fully saturated rings. The number of H-pyrrole nitrogens is 1. The number of hydrogen-bond donors (Lipinski definition) is 3. The minimum atomic E-state index is -0.190. The number of aromatic amines is 1.